The molecule has 0 spiro atoms. The number of carbonyl (C=O) groups is 1. The molecule has 2 rings (SSSR count). The molecular weight excluding hydrogens is 294 g/mol. The average molecular weight is 311 g/mol. The fraction of sp³-hybridized carbons (Fsp3) is 0.357. The second-order valence-corrected chi connectivity index (χ2v) is 6.30. The summed E-state index contributed by atoms with van der Waals surface area (Å²) in [6, 6.07) is 6.09. The lowest BCUT2D eigenvalue weighted by molar-refractivity contribution is 0.0775. The van der Waals surface area contributed by atoms with Crippen LogP contribution < -0.4 is 5.48 Å². The highest BCUT2D eigenvalue weighted by Gasteiger charge is 2.19. The maximum atomic E-state index is 11.8. The maximum Gasteiger partial charge on any atom is 0.433 e. The van der Waals surface area contributed by atoms with Crippen molar-refractivity contribution < 1.29 is 22.2 Å². The molecule has 1 aliphatic rings. The SMILES string of the molecule is Cc1ccc(S(=O)(=O)ONC(=O)OC2C=CCCC2)cc1. The van der Waals surface area contributed by atoms with Crippen molar-refractivity contribution in [1.82, 2.24) is 5.48 Å². The zero-order valence-corrected chi connectivity index (χ0v) is 12.4. The monoisotopic (exact) mass is 311 g/mol. The summed E-state index contributed by atoms with van der Waals surface area (Å²) >= 11 is 0. The van der Waals surface area contributed by atoms with Crippen LogP contribution in [0.3, 0.4) is 0 Å². The summed E-state index contributed by atoms with van der Waals surface area (Å²) in [6.45, 7) is 1.84. The zero-order chi connectivity index (χ0) is 15.3. The van der Waals surface area contributed by atoms with Crippen LogP contribution in [-0.2, 0) is 19.1 Å². The Labute approximate surface area is 123 Å². The van der Waals surface area contributed by atoms with Crippen molar-refractivity contribution in [3.63, 3.8) is 0 Å². The smallest absolute Gasteiger partial charge is 0.433 e. The molecule has 1 aliphatic carbocycles. The predicted octanol–water partition coefficient (Wildman–Crippen LogP) is 2.45. The first-order valence-corrected chi connectivity index (χ1v) is 8.01. The van der Waals surface area contributed by atoms with Crippen molar-refractivity contribution in [1.29, 1.82) is 0 Å². The number of allylic oxidation sites excluding steroid dienone is 1. The lowest BCUT2D eigenvalue weighted by Gasteiger charge is -2.17. The summed E-state index contributed by atoms with van der Waals surface area (Å²) in [7, 11) is -4.04. The quantitative estimate of drug-likeness (QED) is 0.682. The highest BCUT2D eigenvalue weighted by Crippen LogP contribution is 2.14. The summed E-state index contributed by atoms with van der Waals surface area (Å²) in [5, 5.41) is 0. The van der Waals surface area contributed by atoms with E-state index in [1.165, 1.54) is 12.1 Å². The fourth-order valence-corrected chi connectivity index (χ4v) is 2.63. The van der Waals surface area contributed by atoms with Crippen LogP contribution in [0.5, 0.6) is 0 Å². The lowest BCUT2D eigenvalue weighted by Crippen LogP contribution is -2.31. The van der Waals surface area contributed by atoms with Gasteiger partial charge in [0.1, 0.15) is 6.10 Å². The Morgan fingerprint density at radius 3 is 2.62 bits per heavy atom. The second kappa shape index (κ2) is 6.73. The average Bonchev–Trinajstić information content (AvgIpc) is 2.47. The summed E-state index contributed by atoms with van der Waals surface area (Å²) in [4.78, 5) is 11.5. The van der Waals surface area contributed by atoms with E-state index in [-0.39, 0.29) is 11.0 Å². The van der Waals surface area contributed by atoms with Crippen molar-refractivity contribution in [2.45, 2.75) is 37.2 Å². The first kappa shape index (κ1) is 15.5. The van der Waals surface area contributed by atoms with Gasteiger partial charge in [-0.15, -0.1) is 4.28 Å². The van der Waals surface area contributed by atoms with Crippen molar-refractivity contribution in [2.75, 3.05) is 0 Å². The molecule has 1 unspecified atom stereocenters. The molecule has 6 nitrogen and oxygen atoms in total. The van der Waals surface area contributed by atoms with Gasteiger partial charge in [0.25, 0.3) is 0 Å². The van der Waals surface area contributed by atoms with Crippen molar-refractivity contribution in [3.8, 4) is 0 Å². The zero-order valence-electron chi connectivity index (χ0n) is 11.6. The van der Waals surface area contributed by atoms with E-state index in [1.54, 1.807) is 23.7 Å². The second-order valence-electron chi connectivity index (χ2n) is 4.76. The van der Waals surface area contributed by atoms with Gasteiger partial charge in [0, 0.05) is 0 Å². The summed E-state index contributed by atoms with van der Waals surface area (Å²) < 4.78 is 33.2. The van der Waals surface area contributed by atoms with Gasteiger partial charge >= 0.3 is 16.2 Å². The van der Waals surface area contributed by atoms with E-state index < -0.39 is 16.2 Å². The third-order valence-electron chi connectivity index (χ3n) is 3.01. The highest BCUT2D eigenvalue weighted by atomic mass is 32.2. The van der Waals surface area contributed by atoms with E-state index >= 15 is 0 Å². The molecule has 7 heteroatoms. The van der Waals surface area contributed by atoms with Gasteiger partial charge in [-0.25, -0.2) is 4.79 Å². The van der Waals surface area contributed by atoms with Crippen molar-refractivity contribution in [3.05, 3.63) is 42.0 Å². The number of aryl methyl sites for hydroxylation is 1. The van der Waals surface area contributed by atoms with Crippen molar-refractivity contribution in [2.24, 2.45) is 0 Å². The molecule has 0 saturated heterocycles. The number of benzene rings is 1. The van der Waals surface area contributed by atoms with E-state index in [0.29, 0.717) is 6.42 Å². The Kier molecular flexibility index (Phi) is 4.98. The number of amides is 1. The van der Waals surface area contributed by atoms with Crippen LogP contribution in [0.15, 0.2) is 41.3 Å². The van der Waals surface area contributed by atoms with Crippen LogP contribution in [0.4, 0.5) is 4.79 Å². The van der Waals surface area contributed by atoms with E-state index in [9.17, 15) is 13.2 Å². The van der Waals surface area contributed by atoms with Gasteiger partial charge in [0.2, 0.25) is 0 Å². The van der Waals surface area contributed by atoms with Gasteiger partial charge in [0.05, 0.1) is 4.90 Å². The molecule has 1 atom stereocenters. The lowest BCUT2D eigenvalue weighted by atomic mass is 10.1. The number of hydroxylamine groups is 1. The standard InChI is InChI=1S/C14H17NO5S/c1-11-7-9-13(10-8-11)21(17,18)20-15-14(16)19-12-5-3-2-4-6-12/h3,5,7-10,12H,2,4,6H2,1H3,(H,15,16). The van der Waals surface area contributed by atoms with Gasteiger partial charge in [-0.3, -0.25) is 0 Å². The third-order valence-corrected chi connectivity index (χ3v) is 4.17. The molecule has 1 aromatic rings. The van der Waals surface area contributed by atoms with Gasteiger partial charge in [-0.1, -0.05) is 23.8 Å². The van der Waals surface area contributed by atoms with E-state index in [1.807, 2.05) is 13.0 Å². The Balaban J connectivity index is 1.89. The van der Waals surface area contributed by atoms with Crippen LogP contribution >= 0.6 is 0 Å². The minimum atomic E-state index is -4.04. The Morgan fingerprint density at radius 1 is 1.29 bits per heavy atom. The minimum Gasteiger partial charge on any atom is -0.440 e. The molecule has 0 aliphatic heterocycles. The van der Waals surface area contributed by atoms with Crippen LogP contribution in [0.2, 0.25) is 0 Å². The van der Waals surface area contributed by atoms with Gasteiger partial charge in [-0.2, -0.15) is 13.9 Å². The largest absolute Gasteiger partial charge is 0.440 e. The Bertz CT molecular complexity index is 621. The number of hydrogen-bond acceptors (Lipinski definition) is 5. The van der Waals surface area contributed by atoms with Gasteiger partial charge < -0.3 is 4.74 Å². The van der Waals surface area contributed by atoms with E-state index in [2.05, 4.69) is 4.28 Å². The van der Waals surface area contributed by atoms with Gasteiger partial charge in [-0.05, 0) is 44.4 Å². The first-order valence-electron chi connectivity index (χ1n) is 6.61. The number of hydrogen-bond donors (Lipinski definition) is 1. The molecule has 0 saturated carbocycles. The number of carbonyl (C=O) groups excluding carboxylic acids is 1. The molecule has 1 amide bonds. The van der Waals surface area contributed by atoms with E-state index in [0.717, 1.165) is 18.4 Å². The van der Waals surface area contributed by atoms with Crippen LogP contribution in [-0.4, -0.2) is 20.6 Å². The Hall–Kier alpha value is -1.86. The molecule has 0 bridgehead atoms. The molecule has 114 valence electrons. The number of nitrogens with one attached hydrogen (secondary N) is 1. The summed E-state index contributed by atoms with van der Waals surface area (Å²) in [6.07, 6.45) is 5.03. The first-order chi connectivity index (χ1) is 9.97. The molecular formula is C14H17NO5S. The molecule has 0 aromatic heterocycles. The normalized spacial score (nSPS) is 18.2. The molecule has 0 radical (unpaired) electrons. The molecule has 0 heterocycles. The number of rotatable bonds is 4. The molecule has 0 fully saturated rings. The van der Waals surface area contributed by atoms with Crippen LogP contribution in [0.1, 0.15) is 24.8 Å². The molecule has 21 heavy (non-hydrogen) atoms. The minimum absolute atomic E-state index is 0.0361. The molecule has 1 N–H and O–H groups in total. The van der Waals surface area contributed by atoms with Crippen LogP contribution in [0.25, 0.3) is 0 Å². The van der Waals surface area contributed by atoms with Crippen LogP contribution in [0, 0.1) is 6.92 Å². The fourth-order valence-electron chi connectivity index (χ4n) is 1.88. The van der Waals surface area contributed by atoms with Crippen molar-refractivity contribution >= 4 is 16.2 Å². The Morgan fingerprint density at radius 2 is 2.00 bits per heavy atom. The molecule has 1 aromatic carbocycles. The predicted molar refractivity (Wildman–Crippen MR) is 75.8 cm³/mol. The topological polar surface area (TPSA) is 81.7 Å². The van der Waals surface area contributed by atoms with E-state index in [4.69, 9.17) is 4.74 Å². The number of ether oxygens (including phenoxy) is 1. The summed E-state index contributed by atoms with van der Waals surface area (Å²) in [5.74, 6) is 0. The maximum absolute atomic E-state index is 11.8. The third kappa shape index (κ3) is 4.57. The summed E-state index contributed by atoms with van der Waals surface area (Å²) in [5.41, 5.74) is 2.72. The van der Waals surface area contributed by atoms with Gasteiger partial charge in [0.15, 0.2) is 0 Å². The highest BCUT2D eigenvalue weighted by molar-refractivity contribution is 7.86.